The van der Waals surface area contributed by atoms with Crippen LogP contribution in [0.5, 0.6) is 5.75 Å². The van der Waals surface area contributed by atoms with Crippen molar-refractivity contribution in [1.29, 1.82) is 0 Å². The lowest BCUT2D eigenvalue weighted by Gasteiger charge is -2.13. The molecule has 0 fully saturated rings. The van der Waals surface area contributed by atoms with Gasteiger partial charge in [0.1, 0.15) is 18.5 Å². The molecule has 0 aliphatic heterocycles. The molecule has 1 aromatic rings. The summed E-state index contributed by atoms with van der Waals surface area (Å²) < 4.78 is 6.25. The molecular weight excluding hydrogens is 262 g/mol. The standard InChI is InChI=1S/C10H14BrNO3/c11-8-1-2-10(7(3-8)4-12)15-6-9(14)5-13/h1-3,9,13-14H,4-6,12H2. The van der Waals surface area contributed by atoms with Crippen LogP contribution in [0.3, 0.4) is 0 Å². The highest BCUT2D eigenvalue weighted by molar-refractivity contribution is 9.10. The lowest BCUT2D eigenvalue weighted by atomic mass is 10.2. The summed E-state index contributed by atoms with van der Waals surface area (Å²) >= 11 is 3.33. The Bertz CT molecular complexity index is 320. The zero-order chi connectivity index (χ0) is 11.3. The first-order chi connectivity index (χ1) is 7.17. The molecule has 0 radical (unpaired) electrons. The molecule has 1 unspecified atom stereocenters. The van der Waals surface area contributed by atoms with E-state index in [1.54, 1.807) is 6.07 Å². The molecule has 15 heavy (non-hydrogen) atoms. The summed E-state index contributed by atoms with van der Waals surface area (Å²) in [6.07, 6.45) is -0.862. The predicted octanol–water partition coefficient (Wildman–Crippen LogP) is 0.640. The summed E-state index contributed by atoms with van der Waals surface area (Å²) in [6, 6.07) is 5.47. The van der Waals surface area contributed by atoms with Gasteiger partial charge >= 0.3 is 0 Å². The van der Waals surface area contributed by atoms with Crippen molar-refractivity contribution in [2.45, 2.75) is 12.6 Å². The molecule has 1 rings (SSSR count). The van der Waals surface area contributed by atoms with E-state index in [-0.39, 0.29) is 13.2 Å². The van der Waals surface area contributed by atoms with Crippen LogP contribution in [-0.2, 0) is 6.54 Å². The lowest BCUT2D eigenvalue weighted by Crippen LogP contribution is -2.21. The molecular formula is C10H14BrNO3. The van der Waals surface area contributed by atoms with Crippen molar-refractivity contribution in [2.24, 2.45) is 5.73 Å². The van der Waals surface area contributed by atoms with Crippen LogP contribution < -0.4 is 10.5 Å². The molecule has 0 bridgehead atoms. The van der Waals surface area contributed by atoms with Crippen LogP contribution in [0.2, 0.25) is 0 Å². The summed E-state index contributed by atoms with van der Waals surface area (Å²) in [4.78, 5) is 0. The largest absolute Gasteiger partial charge is 0.490 e. The number of rotatable bonds is 5. The molecule has 1 aromatic carbocycles. The Morgan fingerprint density at radius 2 is 2.20 bits per heavy atom. The van der Waals surface area contributed by atoms with Gasteiger partial charge in [0.15, 0.2) is 0 Å². The molecule has 84 valence electrons. The maximum absolute atomic E-state index is 9.12. The second-order valence-corrected chi connectivity index (χ2v) is 4.02. The summed E-state index contributed by atoms with van der Waals surface area (Å²) in [7, 11) is 0. The van der Waals surface area contributed by atoms with Crippen molar-refractivity contribution in [2.75, 3.05) is 13.2 Å². The van der Waals surface area contributed by atoms with Crippen LogP contribution in [0.4, 0.5) is 0 Å². The third kappa shape index (κ3) is 3.79. The highest BCUT2D eigenvalue weighted by atomic mass is 79.9. The van der Waals surface area contributed by atoms with E-state index in [1.807, 2.05) is 12.1 Å². The average Bonchev–Trinajstić information content (AvgIpc) is 2.26. The topological polar surface area (TPSA) is 75.7 Å². The monoisotopic (exact) mass is 275 g/mol. The van der Waals surface area contributed by atoms with E-state index < -0.39 is 6.10 Å². The summed E-state index contributed by atoms with van der Waals surface area (Å²) in [5, 5.41) is 17.7. The van der Waals surface area contributed by atoms with E-state index in [1.165, 1.54) is 0 Å². The third-order valence-corrected chi connectivity index (χ3v) is 2.38. The molecule has 1 atom stereocenters. The highest BCUT2D eigenvalue weighted by Gasteiger charge is 2.06. The smallest absolute Gasteiger partial charge is 0.123 e. The van der Waals surface area contributed by atoms with Crippen LogP contribution in [0.25, 0.3) is 0 Å². The Morgan fingerprint density at radius 3 is 2.80 bits per heavy atom. The van der Waals surface area contributed by atoms with Gasteiger partial charge in [0.05, 0.1) is 6.61 Å². The molecule has 0 aliphatic rings. The van der Waals surface area contributed by atoms with Gasteiger partial charge in [0.25, 0.3) is 0 Å². The molecule has 4 nitrogen and oxygen atoms in total. The molecule has 0 spiro atoms. The van der Waals surface area contributed by atoms with Crippen LogP contribution in [0, 0.1) is 0 Å². The fraction of sp³-hybridized carbons (Fsp3) is 0.400. The number of hydrogen-bond acceptors (Lipinski definition) is 4. The average molecular weight is 276 g/mol. The van der Waals surface area contributed by atoms with E-state index in [0.29, 0.717) is 12.3 Å². The van der Waals surface area contributed by atoms with Crippen LogP contribution in [-0.4, -0.2) is 29.5 Å². The zero-order valence-corrected chi connectivity index (χ0v) is 9.77. The van der Waals surface area contributed by atoms with Crippen molar-refractivity contribution in [3.8, 4) is 5.75 Å². The molecule has 0 aliphatic carbocycles. The number of halogens is 1. The van der Waals surface area contributed by atoms with Gasteiger partial charge in [-0.15, -0.1) is 0 Å². The fourth-order valence-electron chi connectivity index (χ4n) is 1.09. The summed E-state index contributed by atoms with van der Waals surface area (Å²) in [6.45, 7) is 0.115. The normalized spacial score (nSPS) is 12.5. The third-order valence-electron chi connectivity index (χ3n) is 1.88. The van der Waals surface area contributed by atoms with Crippen molar-refractivity contribution >= 4 is 15.9 Å². The van der Waals surface area contributed by atoms with Gasteiger partial charge in [-0.3, -0.25) is 0 Å². The fourth-order valence-corrected chi connectivity index (χ4v) is 1.50. The molecule has 0 saturated carbocycles. The maximum Gasteiger partial charge on any atom is 0.123 e. The van der Waals surface area contributed by atoms with Gasteiger partial charge in [-0.05, 0) is 18.2 Å². The van der Waals surface area contributed by atoms with Gasteiger partial charge < -0.3 is 20.7 Å². The van der Waals surface area contributed by atoms with Crippen molar-refractivity contribution in [3.05, 3.63) is 28.2 Å². The van der Waals surface area contributed by atoms with E-state index >= 15 is 0 Å². The Hall–Kier alpha value is -0.620. The van der Waals surface area contributed by atoms with Crippen molar-refractivity contribution in [3.63, 3.8) is 0 Å². The minimum Gasteiger partial charge on any atom is -0.490 e. The quantitative estimate of drug-likeness (QED) is 0.737. The van der Waals surface area contributed by atoms with Crippen LogP contribution in [0.1, 0.15) is 5.56 Å². The lowest BCUT2D eigenvalue weighted by molar-refractivity contribution is 0.0533. The van der Waals surface area contributed by atoms with Gasteiger partial charge in [0.2, 0.25) is 0 Å². The summed E-state index contributed by atoms with van der Waals surface area (Å²) in [5.74, 6) is 0.633. The van der Waals surface area contributed by atoms with Crippen molar-refractivity contribution in [1.82, 2.24) is 0 Å². The van der Waals surface area contributed by atoms with Gasteiger partial charge in [-0.2, -0.15) is 0 Å². The Balaban J connectivity index is 2.67. The zero-order valence-electron chi connectivity index (χ0n) is 8.19. The van der Waals surface area contributed by atoms with E-state index in [0.717, 1.165) is 10.0 Å². The van der Waals surface area contributed by atoms with E-state index in [9.17, 15) is 0 Å². The van der Waals surface area contributed by atoms with E-state index in [2.05, 4.69) is 15.9 Å². The molecule has 4 N–H and O–H groups in total. The molecule has 0 heterocycles. The number of aliphatic hydroxyl groups is 2. The maximum atomic E-state index is 9.12. The second-order valence-electron chi connectivity index (χ2n) is 3.10. The number of benzene rings is 1. The van der Waals surface area contributed by atoms with Gasteiger partial charge in [-0.25, -0.2) is 0 Å². The molecule has 0 aromatic heterocycles. The summed E-state index contributed by atoms with van der Waals surface area (Å²) in [5.41, 5.74) is 6.40. The second kappa shape index (κ2) is 6.07. The van der Waals surface area contributed by atoms with E-state index in [4.69, 9.17) is 20.7 Å². The Kier molecular flexibility index (Phi) is 5.04. The number of ether oxygens (including phenoxy) is 1. The first-order valence-corrected chi connectivity index (χ1v) is 5.37. The van der Waals surface area contributed by atoms with Crippen molar-refractivity contribution < 1.29 is 14.9 Å². The number of hydrogen-bond donors (Lipinski definition) is 3. The minimum atomic E-state index is -0.862. The molecule has 0 saturated heterocycles. The Morgan fingerprint density at radius 1 is 1.47 bits per heavy atom. The Labute approximate surface area is 96.8 Å². The predicted molar refractivity (Wildman–Crippen MR) is 60.6 cm³/mol. The van der Waals surface area contributed by atoms with Crippen LogP contribution >= 0.6 is 15.9 Å². The first kappa shape index (κ1) is 12.4. The van der Waals surface area contributed by atoms with Gasteiger partial charge in [-0.1, -0.05) is 15.9 Å². The highest BCUT2D eigenvalue weighted by Crippen LogP contribution is 2.22. The molecule has 0 amide bonds. The van der Waals surface area contributed by atoms with Crippen LogP contribution in [0.15, 0.2) is 22.7 Å². The number of nitrogens with two attached hydrogens (primary N) is 1. The number of aliphatic hydroxyl groups excluding tert-OH is 2. The SMILES string of the molecule is NCc1cc(Br)ccc1OCC(O)CO. The van der Waals surface area contributed by atoms with Gasteiger partial charge in [0, 0.05) is 16.6 Å². The first-order valence-electron chi connectivity index (χ1n) is 4.57. The molecule has 5 heteroatoms. The minimum absolute atomic E-state index is 0.0606.